The summed E-state index contributed by atoms with van der Waals surface area (Å²) in [6, 6.07) is 20.3. The lowest BCUT2D eigenvalue weighted by atomic mass is 10.1. The van der Waals surface area contributed by atoms with E-state index in [0.29, 0.717) is 28.0 Å². The second-order valence-corrected chi connectivity index (χ2v) is 7.44. The number of aromatic nitrogens is 4. The van der Waals surface area contributed by atoms with Crippen molar-refractivity contribution < 1.29 is 14.3 Å². The van der Waals surface area contributed by atoms with Crippen molar-refractivity contribution in [1.29, 1.82) is 0 Å². The van der Waals surface area contributed by atoms with Gasteiger partial charge < -0.3 is 9.47 Å². The molecular weight excluding hydrogens is 412 g/mol. The number of hydrogen-bond donors (Lipinski definition) is 0. The van der Waals surface area contributed by atoms with Crippen LogP contribution in [0.5, 0.6) is 11.5 Å². The molecule has 0 aliphatic heterocycles. The van der Waals surface area contributed by atoms with Gasteiger partial charge in [-0.25, -0.2) is 0 Å². The third-order valence-corrected chi connectivity index (χ3v) is 5.53. The van der Waals surface area contributed by atoms with Gasteiger partial charge in [0.05, 0.1) is 25.7 Å². The maximum absolute atomic E-state index is 12.7. The molecule has 8 heteroatoms. The van der Waals surface area contributed by atoms with Gasteiger partial charge in [0.1, 0.15) is 17.2 Å². The summed E-state index contributed by atoms with van der Waals surface area (Å²) >= 11 is 1.33. The number of rotatable bonds is 8. The molecule has 4 rings (SSSR count). The van der Waals surface area contributed by atoms with Crippen molar-refractivity contribution in [3.8, 4) is 28.7 Å². The highest BCUT2D eigenvalue weighted by atomic mass is 32.2. The molecule has 31 heavy (non-hydrogen) atoms. The summed E-state index contributed by atoms with van der Waals surface area (Å²) in [5.41, 5.74) is 2.17. The van der Waals surface area contributed by atoms with Crippen LogP contribution in [-0.4, -0.2) is 45.5 Å². The lowest BCUT2D eigenvalue weighted by Gasteiger charge is -2.10. The Balaban J connectivity index is 1.63. The minimum absolute atomic E-state index is 0.00341. The number of carbonyl (C=O) groups is 1. The summed E-state index contributed by atoms with van der Waals surface area (Å²) < 4.78 is 12.3. The highest BCUT2D eigenvalue weighted by Crippen LogP contribution is 2.28. The molecule has 0 atom stereocenters. The van der Waals surface area contributed by atoms with Gasteiger partial charge in [-0.3, -0.25) is 14.3 Å². The second kappa shape index (κ2) is 9.44. The number of carbonyl (C=O) groups excluding carboxylic acids is 1. The van der Waals surface area contributed by atoms with Crippen LogP contribution in [0, 0.1) is 0 Å². The van der Waals surface area contributed by atoms with Crippen molar-refractivity contribution in [2.75, 3.05) is 20.0 Å². The van der Waals surface area contributed by atoms with Gasteiger partial charge in [-0.1, -0.05) is 17.8 Å². The SMILES string of the molecule is COc1ccc(C(=O)CSc2nnc(-c3ccccn3)n2-c2ccc(OC)cc2)cc1. The first-order valence-corrected chi connectivity index (χ1v) is 10.5. The van der Waals surface area contributed by atoms with E-state index in [1.165, 1.54) is 11.8 Å². The molecule has 2 heterocycles. The molecule has 0 amide bonds. The van der Waals surface area contributed by atoms with Crippen LogP contribution in [0.2, 0.25) is 0 Å². The van der Waals surface area contributed by atoms with E-state index in [1.807, 2.05) is 47.0 Å². The molecule has 7 nitrogen and oxygen atoms in total. The van der Waals surface area contributed by atoms with Crippen LogP contribution in [0.4, 0.5) is 0 Å². The maximum Gasteiger partial charge on any atom is 0.196 e. The molecule has 0 N–H and O–H groups in total. The molecule has 0 unspecified atom stereocenters. The summed E-state index contributed by atoms with van der Waals surface area (Å²) in [4.78, 5) is 17.1. The predicted octanol–water partition coefficient (Wildman–Crippen LogP) is 4.32. The molecule has 4 aromatic rings. The van der Waals surface area contributed by atoms with Crippen LogP contribution < -0.4 is 9.47 Å². The van der Waals surface area contributed by atoms with Crippen molar-refractivity contribution in [1.82, 2.24) is 19.7 Å². The fraction of sp³-hybridized carbons (Fsp3) is 0.130. The van der Waals surface area contributed by atoms with Gasteiger partial charge in [-0.05, 0) is 60.7 Å². The summed E-state index contributed by atoms with van der Waals surface area (Å²) in [6.07, 6.45) is 1.71. The largest absolute Gasteiger partial charge is 0.497 e. The fourth-order valence-corrected chi connectivity index (χ4v) is 3.83. The lowest BCUT2D eigenvalue weighted by Crippen LogP contribution is -2.05. The predicted molar refractivity (Wildman–Crippen MR) is 119 cm³/mol. The number of benzene rings is 2. The Morgan fingerprint density at radius 2 is 1.58 bits per heavy atom. The molecule has 0 aliphatic rings. The fourth-order valence-electron chi connectivity index (χ4n) is 2.98. The first kappa shape index (κ1) is 20.6. The quantitative estimate of drug-likeness (QED) is 0.303. The van der Waals surface area contributed by atoms with Gasteiger partial charge in [-0.2, -0.15) is 0 Å². The molecule has 0 saturated heterocycles. The monoisotopic (exact) mass is 432 g/mol. The third-order valence-electron chi connectivity index (χ3n) is 4.60. The number of hydrogen-bond acceptors (Lipinski definition) is 7. The highest BCUT2D eigenvalue weighted by molar-refractivity contribution is 7.99. The number of ether oxygens (including phenoxy) is 2. The van der Waals surface area contributed by atoms with E-state index in [4.69, 9.17) is 9.47 Å². The Hall–Kier alpha value is -3.65. The summed E-state index contributed by atoms with van der Waals surface area (Å²) in [5, 5.41) is 9.29. The number of Topliss-reactive ketones (excluding diaryl/α,β-unsaturated/α-hetero) is 1. The minimum Gasteiger partial charge on any atom is -0.497 e. The molecule has 2 aromatic carbocycles. The molecule has 0 bridgehead atoms. The zero-order valence-electron chi connectivity index (χ0n) is 17.1. The van der Waals surface area contributed by atoms with Crippen LogP contribution >= 0.6 is 11.8 Å². The minimum atomic E-state index is -0.00341. The van der Waals surface area contributed by atoms with Crippen molar-refractivity contribution in [3.05, 3.63) is 78.5 Å². The topological polar surface area (TPSA) is 79.1 Å². The Morgan fingerprint density at radius 1 is 0.903 bits per heavy atom. The van der Waals surface area contributed by atoms with E-state index in [-0.39, 0.29) is 11.5 Å². The molecule has 0 spiro atoms. The molecule has 0 fully saturated rings. The van der Waals surface area contributed by atoms with Gasteiger partial charge in [0, 0.05) is 11.8 Å². The average Bonchev–Trinajstić information content (AvgIpc) is 3.27. The summed E-state index contributed by atoms with van der Waals surface area (Å²) in [5.74, 6) is 2.29. The van der Waals surface area contributed by atoms with Gasteiger partial charge in [0.15, 0.2) is 16.8 Å². The van der Waals surface area contributed by atoms with Crippen LogP contribution in [0.3, 0.4) is 0 Å². The van der Waals surface area contributed by atoms with Crippen molar-refractivity contribution >= 4 is 17.5 Å². The number of methoxy groups -OCH3 is 2. The van der Waals surface area contributed by atoms with E-state index < -0.39 is 0 Å². The normalized spacial score (nSPS) is 10.6. The maximum atomic E-state index is 12.7. The van der Waals surface area contributed by atoms with Gasteiger partial charge in [0.2, 0.25) is 0 Å². The number of thioether (sulfide) groups is 1. The zero-order chi connectivity index (χ0) is 21.6. The standard InChI is InChI=1S/C23H20N4O3S/c1-29-18-10-6-16(7-11-18)21(28)15-31-23-26-25-22(20-5-3-4-14-24-20)27(23)17-8-12-19(30-2)13-9-17/h3-14H,15H2,1-2H3. The highest BCUT2D eigenvalue weighted by Gasteiger charge is 2.18. The molecule has 0 saturated carbocycles. The first-order valence-electron chi connectivity index (χ1n) is 9.51. The number of pyridine rings is 1. The van der Waals surface area contributed by atoms with Crippen LogP contribution in [0.15, 0.2) is 78.1 Å². The van der Waals surface area contributed by atoms with Gasteiger partial charge in [0.25, 0.3) is 0 Å². The average molecular weight is 433 g/mol. The van der Waals surface area contributed by atoms with Crippen LogP contribution in [0.25, 0.3) is 17.2 Å². The van der Waals surface area contributed by atoms with E-state index in [0.717, 1.165) is 11.4 Å². The van der Waals surface area contributed by atoms with Crippen molar-refractivity contribution in [2.45, 2.75) is 5.16 Å². The van der Waals surface area contributed by atoms with Crippen molar-refractivity contribution in [2.24, 2.45) is 0 Å². The number of nitrogens with zero attached hydrogens (tertiary/aromatic N) is 4. The third kappa shape index (κ3) is 4.59. The van der Waals surface area contributed by atoms with E-state index >= 15 is 0 Å². The Morgan fingerprint density at radius 3 is 2.19 bits per heavy atom. The molecule has 0 aliphatic carbocycles. The Labute approximate surface area is 184 Å². The second-order valence-electron chi connectivity index (χ2n) is 6.49. The van der Waals surface area contributed by atoms with E-state index in [1.54, 1.807) is 44.7 Å². The van der Waals surface area contributed by atoms with Crippen LogP contribution in [0.1, 0.15) is 10.4 Å². The van der Waals surface area contributed by atoms with Crippen molar-refractivity contribution in [3.63, 3.8) is 0 Å². The molecule has 0 radical (unpaired) electrons. The molecule has 156 valence electrons. The lowest BCUT2D eigenvalue weighted by molar-refractivity contribution is 0.102. The van der Waals surface area contributed by atoms with E-state index in [9.17, 15) is 4.79 Å². The Kier molecular flexibility index (Phi) is 6.28. The first-order chi connectivity index (χ1) is 15.2. The molecular formula is C23H20N4O3S. The molecule has 2 aromatic heterocycles. The summed E-state index contributed by atoms with van der Waals surface area (Å²) in [7, 11) is 3.22. The Bertz CT molecular complexity index is 1160. The van der Waals surface area contributed by atoms with Gasteiger partial charge >= 0.3 is 0 Å². The van der Waals surface area contributed by atoms with E-state index in [2.05, 4.69) is 15.2 Å². The van der Waals surface area contributed by atoms with Gasteiger partial charge in [-0.15, -0.1) is 10.2 Å². The summed E-state index contributed by atoms with van der Waals surface area (Å²) in [6.45, 7) is 0. The smallest absolute Gasteiger partial charge is 0.196 e. The van der Waals surface area contributed by atoms with Crippen LogP contribution in [-0.2, 0) is 0 Å². The number of ketones is 1. The zero-order valence-corrected chi connectivity index (χ0v) is 17.9.